The van der Waals surface area contributed by atoms with Gasteiger partial charge in [0.25, 0.3) is 0 Å². The standard InChI is InChI=1S/C9H9BrClNO3/c10-4-1-5(7(12)3-8(13)14)9(15)6(11)2-4/h1-2,7,15H,3,12H2,(H,13,14). The quantitative estimate of drug-likeness (QED) is 0.798. The minimum absolute atomic E-state index is 0.139. The van der Waals surface area contributed by atoms with Crippen molar-refractivity contribution < 1.29 is 15.0 Å². The zero-order valence-corrected chi connectivity index (χ0v) is 9.92. The van der Waals surface area contributed by atoms with Crippen LogP contribution in [0.4, 0.5) is 0 Å². The SMILES string of the molecule is NC(CC(=O)O)c1cc(Br)cc(Cl)c1O. The van der Waals surface area contributed by atoms with Gasteiger partial charge in [-0.1, -0.05) is 27.5 Å². The Hall–Kier alpha value is -0.780. The Morgan fingerprint density at radius 3 is 2.73 bits per heavy atom. The van der Waals surface area contributed by atoms with E-state index in [2.05, 4.69) is 15.9 Å². The van der Waals surface area contributed by atoms with Crippen LogP contribution in [0.15, 0.2) is 16.6 Å². The van der Waals surface area contributed by atoms with Gasteiger partial charge >= 0.3 is 5.97 Å². The lowest BCUT2D eigenvalue weighted by atomic mass is 10.0. The van der Waals surface area contributed by atoms with E-state index in [9.17, 15) is 9.90 Å². The Morgan fingerprint density at radius 2 is 2.20 bits per heavy atom. The molecule has 0 saturated heterocycles. The third-order valence-corrected chi connectivity index (χ3v) is 2.60. The van der Waals surface area contributed by atoms with Crippen LogP contribution < -0.4 is 5.73 Å². The number of hydrogen-bond acceptors (Lipinski definition) is 3. The second-order valence-electron chi connectivity index (χ2n) is 3.03. The maximum absolute atomic E-state index is 10.5. The number of phenolic OH excluding ortho intramolecular Hbond substituents is 1. The van der Waals surface area contributed by atoms with Gasteiger partial charge in [-0.05, 0) is 12.1 Å². The lowest BCUT2D eigenvalue weighted by Crippen LogP contribution is -2.15. The predicted molar refractivity (Wildman–Crippen MR) is 60.0 cm³/mol. The summed E-state index contributed by atoms with van der Waals surface area (Å²) in [7, 11) is 0. The topological polar surface area (TPSA) is 83.6 Å². The molecule has 0 aliphatic carbocycles. The molecule has 0 aliphatic rings. The van der Waals surface area contributed by atoms with Crippen LogP contribution in [-0.2, 0) is 4.79 Å². The van der Waals surface area contributed by atoms with Crippen molar-refractivity contribution in [2.24, 2.45) is 5.73 Å². The van der Waals surface area contributed by atoms with E-state index in [1.807, 2.05) is 0 Å². The number of benzene rings is 1. The summed E-state index contributed by atoms with van der Waals surface area (Å²) in [6.45, 7) is 0. The van der Waals surface area contributed by atoms with E-state index in [-0.39, 0.29) is 17.2 Å². The smallest absolute Gasteiger partial charge is 0.305 e. The molecule has 4 nitrogen and oxygen atoms in total. The van der Waals surface area contributed by atoms with E-state index in [1.54, 1.807) is 6.07 Å². The number of carboxylic acids is 1. The number of aliphatic carboxylic acids is 1. The van der Waals surface area contributed by atoms with Gasteiger partial charge in [0.15, 0.2) is 0 Å². The fourth-order valence-electron chi connectivity index (χ4n) is 1.17. The largest absolute Gasteiger partial charge is 0.506 e. The highest BCUT2D eigenvalue weighted by Crippen LogP contribution is 2.35. The van der Waals surface area contributed by atoms with E-state index < -0.39 is 12.0 Å². The molecule has 0 bridgehead atoms. The third-order valence-electron chi connectivity index (χ3n) is 1.85. The summed E-state index contributed by atoms with van der Waals surface area (Å²) in [5.41, 5.74) is 5.93. The van der Waals surface area contributed by atoms with Crippen LogP contribution in [0.25, 0.3) is 0 Å². The Bertz CT molecular complexity index is 397. The van der Waals surface area contributed by atoms with Gasteiger partial charge in [-0.25, -0.2) is 0 Å². The molecule has 0 saturated carbocycles. The molecule has 0 radical (unpaired) electrons. The Kier molecular flexibility index (Phi) is 3.96. The number of rotatable bonds is 3. The first-order valence-electron chi connectivity index (χ1n) is 4.07. The molecule has 0 fully saturated rings. The first-order chi connectivity index (χ1) is 6.91. The van der Waals surface area contributed by atoms with Crippen molar-refractivity contribution in [3.05, 3.63) is 27.2 Å². The van der Waals surface area contributed by atoms with Crippen LogP contribution in [0.2, 0.25) is 5.02 Å². The number of aromatic hydroxyl groups is 1. The number of phenols is 1. The highest BCUT2D eigenvalue weighted by atomic mass is 79.9. The Labute approximate surface area is 99.8 Å². The highest BCUT2D eigenvalue weighted by Gasteiger charge is 2.17. The molecule has 4 N–H and O–H groups in total. The van der Waals surface area contributed by atoms with Crippen molar-refractivity contribution in [2.45, 2.75) is 12.5 Å². The van der Waals surface area contributed by atoms with Gasteiger partial charge in [0.2, 0.25) is 0 Å². The molecule has 0 spiro atoms. The van der Waals surface area contributed by atoms with Gasteiger partial charge in [-0.3, -0.25) is 4.79 Å². The monoisotopic (exact) mass is 293 g/mol. The number of carboxylic acid groups (broad SMARTS) is 1. The van der Waals surface area contributed by atoms with Gasteiger partial charge in [0, 0.05) is 16.1 Å². The molecule has 1 atom stereocenters. The molecule has 0 aromatic heterocycles. The molecule has 0 heterocycles. The fourth-order valence-corrected chi connectivity index (χ4v) is 2.00. The van der Waals surface area contributed by atoms with Crippen LogP contribution >= 0.6 is 27.5 Å². The van der Waals surface area contributed by atoms with Crippen molar-refractivity contribution in [1.29, 1.82) is 0 Å². The summed E-state index contributed by atoms with van der Waals surface area (Å²) in [5.74, 6) is -1.20. The van der Waals surface area contributed by atoms with Crippen molar-refractivity contribution in [2.75, 3.05) is 0 Å². The molecule has 82 valence electrons. The summed E-state index contributed by atoms with van der Waals surface area (Å²) < 4.78 is 0.640. The van der Waals surface area contributed by atoms with Gasteiger partial charge in [0.05, 0.1) is 11.4 Å². The zero-order chi connectivity index (χ0) is 11.6. The van der Waals surface area contributed by atoms with Crippen molar-refractivity contribution in [3.8, 4) is 5.75 Å². The van der Waals surface area contributed by atoms with E-state index in [4.69, 9.17) is 22.4 Å². The maximum Gasteiger partial charge on any atom is 0.305 e. The van der Waals surface area contributed by atoms with Gasteiger partial charge < -0.3 is 15.9 Å². The van der Waals surface area contributed by atoms with Gasteiger partial charge in [-0.2, -0.15) is 0 Å². The molecule has 1 rings (SSSR count). The lowest BCUT2D eigenvalue weighted by Gasteiger charge is -2.12. The van der Waals surface area contributed by atoms with E-state index in [0.29, 0.717) is 10.0 Å². The second kappa shape index (κ2) is 4.83. The predicted octanol–water partition coefficient (Wildman–Crippen LogP) is 2.28. The first kappa shape index (κ1) is 12.3. The van der Waals surface area contributed by atoms with Crippen molar-refractivity contribution >= 4 is 33.5 Å². The van der Waals surface area contributed by atoms with Crippen LogP contribution in [0.5, 0.6) is 5.75 Å². The van der Waals surface area contributed by atoms with E-state index in [1.165, 1.54) is 6.07 Å². The van der Waals surface area contributed by atoms with Crippen LogP contribution in [0, 0.1) is 0 Å². The number of hydrogen-bond donors (Lipinski definition) is 3. The molecule has 0 amide bonds. The molecule has 1 aromatic carbocycles. The summed E-state index contributed by atoms with van der Waals surface area (Å²) in [4.78, 5) is 10.5. The van der Waals surface area contributed by atoms with Gasteiger partial charge in [-0.15, -0.1) is 0 Å². The summed E-state index contributed by atoms with van der Waals surface area (Å²) in [6, 6.07) is 2.28. The average Bonchev–Trinajstić information content (AvgIpc) is 2.09. The third kappa shape index (κ3) is 3.09. The average molecular weight is 295 g/mol. The van der Waals surface area contributed by atoms with Crippen LogP contribution in [-0.4, -0.2) is 16.2 Å². The Morgan fingerprint density at radius 1 is 1.60 bits per heavy atom. The summed E-state index contributed by atoms with van der Waals surface area (Å²) >= 11 is 8.90. The van der Waals surface area contributed by atoms with E-state index >= 15 is 0 Å². The second-order valence-corrected chi connectivity index (χ2v) is 4.35. The summed E-state index contributed by atoms with van der Waals surface area (Å²) in [6.07, 6.45) is -0.264. The molecule has 0 aliphatic heterocycles. The molecule has 6 heteroatoms. The lowest BCUT2D eigenvalue weighted by molar-refractivity contribution is -0.137. The highest BCUT2D eigenvalue weighted by molar-refractivity contribution is 9.10. The normalized spacial score (nSPS) is 12.5. The molecular formula is C9H9BrClNO3. The minimum atomic E-state index is -1.03. The minimum Gasteiger partial charge on any atom is -0.506 e. The Balaban J connectivity index is 3.07. The molecule has 1 aromatic rings. The number of carbonyl (C=O) groups is 1. The van der Waals surface area contributed by atoms with E-state index in [0.717, 1.165) is 0 Å². The van der Waals surface area contributed by atoms with Crippen molar-refractivity contribution in [1.82, 2.24) is 0 Å². The molecule has 1 unspecified atom stereocenters. The summed E-state index contributed by atoms with van der Waals surface area (Å²) in [5, 5.41) is 18.3. The molecule has 15 heavy (non-hydrogen) atoms. The maximum atomic E-state index is 10.5. The van der Waals surface area contributed by atoms with Gasteiger partial charge in [0.1, 0.15) is 5.75 Å². The fraction of sp³-hybridized carbons (Fsp3) is 0.222. The zero-order valence-electron chi connectivity index (χ0n) is 7.58. The number of halogens is 2. The van der Waals surface area contributed by atoms with Crippen LogP contribution in [0.1, 0.15) is 18.0 Å². The van der Waals surface area contributed by atoms with Crippen LogP contribution in [0.3, 0.4) is 0 Å². The molecular weight excluding hydrogens is 285 g/mol. The van der Waals surface area contributed by atoms with Crippen molar-refractivity contribution in [3.63, 3.8) is 0 Å². The number of nitrogens with two attached hydrogens (primary N) is 1. The first-order valence-corrected chi connectivity index (χ1v) is 5.24.